The molecule has 0 fully saturated rings. The zero-order valence-electron chi connectivity index (χ0n) is 41.3. The first-order valence-electron chi connectivity index (χ1n) is 26.4. The molecule has 0 radical (unpaired) electrons. The second kappa shape index (κ2) is 51.5. The summed E-state index contributed by atoms with van der Waals surface area (Å²) < 4.78 is 16.8. The van der Waals surface area contributed by atoms with Gasteiger partial charge in [-0.15, -0.1) is 0 Å². The van der Waals surface area contributed by atoms with Crippen LogP contribution in [-0.4, -0.2) is 37.2 Å². The lowest BCUT2D eigenvalue weighted by atomic mass is 10.1. The lowest BCUT2D eigenvalue weighted by molar-refractivity contribution is -0.167. The van der Waals surface area contributed by atoms with E-state index in [9.17, 15) is 14.4 Å². The van der Waals surface area contributed by atoms with Crippen LogP contribution in [0.2, 0.25) is 0 Å². The highest BCUT2D eigenvalue weighted by Crippen LogP contribution is 2.14. The normalized spacial score (nSPS) is 12.6. The number of rotatable bonds is 47. The maximum absolute atomic E-state index is 12.8. The molecule has 1 atom stereocenters. The van der Waals surface area contributed by atoms with Gasteiger partial charge in [0, 0.05) is 19.3 Å². The topological polar surface area (TPSA) is 78.9 Å². The van der Waals surface area contributed by atoms with E-state index in [4.69, 9.17) is 14.2 Å². The minimum absolute atomic E-state index is 0.0856. The first-order chi connectivity index (χ1) is 31.0. The van der Waals surface area contributed by atoms with Crippen LogP contribution in [0.4, 0.5) is 0 Å². The van der Waals surface area contributed by atoms with E-state index in [1.54, 1.807) is 0 Å². The maximum atomic E-state index is 12.8. The number of hydrogen-bond acceptors (Lipinski definition) is 6. The Kier molecular flexibility index (Phi) is 48.9. The predicted molar refractivity (Wildman–Crippen MR) is 270 cm³/mol. The van der Waals surface area contributed by atoms with Gasteiger partial charge in [-0.3, -0.25) is 14.4 Å². The van der Waals surface area contributed by atoms with Gasteiger partial charge in [-0.1, -0.05) is 216 Å². The molecule has 0 aromatic carbocycles. The van der Waals surface area contributed by atoms with Crippen molar-refractivity contribution in [3.8, 4) is 0 Å². The maximum Gasteiger partial charge on any atom is 0.306 e. The molecule has 6 nitrogen and oxygen atoms in total. The summed E-state index contributed by atoms with van der Waals surface area (Å²) in [6.45, 7) is 6.46. The average Bonchev–Trinajstić information content (AvgIpc) is 3.28. The summed E-state index contributed by atoms with van der Waals surface area (Å²) in [6, 6.07) is 0. The van der Waals surface area contributed by atoms with E-state index < -0.39 is 6.10 Å². The summed E-state index contributed by atoms with van der Waals surface area (Å²) in [6.07, 6.45) is 64.6. The number of ether oxygens (including phenoxy) is 3. The van der Waals surface area contributed by atoms with Gasteiger partial charge in [0.1, 0.15) is 13.2 Å². The van der Waals surface area contributed by atoms with Gasteiger partial charge in [0.15, 0.2) is 6.10 Å². The molecular formula is C57H98O6. The molecule has 362 valence electrons. The fourth-order valence-electron chi connectivity index (χ4n) is 7.23. The zero-order valence-corrected chi connectivity index (χ0v) is 41.3. The summed E-state index contributed by atoms with van der Waals surface area (Å²) in [5.41, 5.74) is 0. The van der Waals surface area contributed by atoms with Gasteiger partial charge in [0.05, 0.1) is 0 Å². The standard InChI is InChI=1S/C57H98O6/c1-4-7-10-13-16-19-21-23-25-27-28-30-31-33-35-38-41-44-47-50-56(59)62-53-54(52-61-55(58)49-46-43-40-37-18-15-12-9-6-3)63-57(60)51-48-45-42-39-36-34-32-29-26-24-22-20-17-14-11-8-5-2/h8,11,16-17,19-20,23-26,32,34,54H,4-7,9-10,12-15,18,21-22,27-31,33,35-53H2,1-3H3/b11-8-,19-16-,20-17-,25-23-,26-24-,34-32-. The Hall–Kier alpha value is -3.15. The van der Waals surface area contributed by atoms with Crippen LogP contribution in [0.3, 0.4) is 0 Å². The van der Waals surface area contributed by atoms with Gasteiger partial charge < -0.3 is 14.2 Å². The minimum atomic E-state index is -0.787. The van der Waals surface area contributed by atoms with Crippen LogP contribution in [0, 0.1) is 0 Å². The number of hydrogen-bond donors (Lipinski definition) is 0. The van der Waals surface area contributed by atoms with Crippen molar-refractivity contribution in [3.63, 3.8) is 0 Å². The monoisotopic (exact) mass is 879 g/mol. The highest BCUT2D eigenvalue weighted by Gasteiger charge is 2.19. The van der Waals surface area contributed by atoms with E-state index >= 15 is 0 Å². The highest BCUT2D eigenvalue weighted by atomic mass is 16.6. The molecule has 0 heterocycles. The first-order valence-corrected chi connectivity index (χ1v) is 26.4. The lowest BCUT2D eigenvalue weighted by Crippen LogP contribution is -2.30. The van der Waals surface area contributed by atoms with Gasteiger partial charge in [-0.25, -0.2) is 0 Å². The number of esters is 3. The molecule has 0 N–H and O–H groups in total. The predicted octanol–water partition coefficient (Wildman–Crippen LogP) is 17.4. The van der Waals surface area contributed by atoms with Crippen molar-refractivity contribution in [2.45, 2.75) is 258 Å². The van der Waals surface area contributed by atoms with E-state index in [2.05, 4.69) is 93.7 Å². The van der Waals surface area contributed by atoms with Crippen molar-refractivity contribution >= 4 is 17.9 Å². The molecule has 0 aliphatic rings. The van der Waals surface area contributed by atoms with E-state index in [0.717, 1.165) is 103 Å². The molecule has 1 unspecified atom stereocenters. The fourth-order valence-corrected chi connectivity index (χ4v) is 7.23. The molecule has 0 rings (SSSR count). The molecule has 0 aromatic heterocycles. The molecule has 0 aliphatic carbocycles. The van der Waals surface area contributed by atoms with Crippen molar-refractivity contribution in [3.05, 3.63) is 72.9 Å². The number of carbonyl (C=O) groups is 3. The summed E-state index contributed by atoms with van der Waals surface area (Å²) in [5.74, 6) is -0.914. The molecule has 0 saturated heterocycles. The quantitative estimate of drug-likeness (QED) is 0.0262. The van der Waals surface area contributed by atoms with E-state index in [-0.39, 0.29) is 31.1 Å². The summed E-state index contributed by atoms with van der Waals surface area (Å²) in [7, 11) is 0. The average molecular weight is 879 g/mol. The zero-order chi connectivity index (χ0) is 45.8. The largest absolute Gasteiger partial charge is 0.462 e. The van der Waals surface area contributed by atoms with E-state index in [1.807, 2.05) is 0 Å². The third kappa shape index (κ3) is 49.7. The molecule has 0 aromatic rings. The molecule has 0 amide bonds. The fraction of sp³-hybridized carbons (Fsp3) is 0.737. The Morgan fingerprint density at radius 3 is 1.00 bits per heavy atom. The Labute approximate surface area is 389 Å². The van der Waals surface area contributed by atoms with E-state index in [1.165, 1.54) is 109 Å². The third-order valence-electron chi connectivity index (χ3n) is 11.2. The Morgan fingerprint density at radius 1 is 0.333 bits per heavy atom. The Bertz CT molecular complexity index is 1190. The number of unbranched alkanes of at least 4 members (excludes halogenated alkanes) is 24. The minimum Gasteiger partial charge on any atom is -0.462 e. The third-order valence-corrected chi connectivity index (χ3v) is 11.2. The second-order valence-electron chi connectivity index (χ2n) is 17.4. The summed E-state index contributed by atoms with van der Waals surface area (Å²) >= 11 is 0. The van der Waals surface area contributed by atoms with Crippen molar-refractivity contribution < 1.29 is 28.6 Å². The van der Waals surface area contributed by atoms with Crippen molar-refractivity contribution in [1.82, 2.24) is 0 Å². The van der Waals surface area contributed by atoms with E-state index in [0.29, 0.717) is 19.3 Å². The van der Waals surface area contributed by atoms with Gasteiger partial charge >= 0.3 is 17.9 Å². The van der Waals surface area contributed by atoms with Crippen molar-refractivity contribution in [2.24, 2.45) is 0 Å². The summed E-state index contributed by atoms with van der Waals surface area (Å²) in [5, 5.41) is 0. The molecule has 6 heteroatoms. The van der Waals surface area contributed by atoms with Gasteiger partial charge in [-0.05, 0) is 89.9 Å². The van der Waals surface area contributed by atoms with Crippen molar-refractivity contribution in [2.75, 3.05) is 13.2 Å². The van der Waals surface area contributed by atoms with Crippen LogP contribution in [0.25, 0.3) is 0 Å². The second-order valence-corrected chi connectivity index (χ2v) is 17.4. The Balaban J connectivity index is 4.35. The van der Waals surface area contributed by atoms with Gasteiger partial charge in [-0.2, -0.15) is 0 Å². The van der Waals surface area contributed by atoms with Gasteiger partial charge in [0.2, 0.25) is 0 Å². The van der Waals surface area contributed by atoms with Crippen LogP contribution in [0.5, 0.6) is 0 Å². The summed E-state index contributed by atoms with van der Waals surface area (Å²) in [4.78, 5) is 37.9. The lowest BCUT2D eigenvalue weighted by Gasteiger charge is -2.18. The Morgan fingerprint density at radius 2 is 0.619 bits per heavy atom. The van der Waals surface area contributed by atoms with Crippen molar-refractivity contribution in [1.29, 1.82) is 0 Å². The smallest absolute Gasteiger partial charge is 0.306 e. The molecule has 0 bridgehead atoms. The molecule has 0 spiro atoms. The SMILES string of the molecule is CC/C=C\C/C=C\C/C=C\C/C=C\CCCCCCC(=O)OC(COC(=O)CCCCCCCCCCC)COC(=O)CCCCCCCCCCC/C=C\C/C=C\CCCCC. The first kappa shape index (κ1) is 59.9. The molecule has 63 heavy (non-hydrogen) atoms. The molecule has 0 aliphatic heterocycles. The van der Waals surface area contributed by atoms with Crippen LogP contribution in [0.1, 0.15) is 252 Å². The number of carbonyl (C=O) groups excluding carboxylic acids is 3. The highest BCUT2D eigenvalue weighted by molar-refractivity contribution is 5.71. The van der Waals surface area contributed by atoms with Crippen LogP contribution < -0.4 is 0 Å². The van der Waals surface area contributed by atoms with Crippen LogP contribution in [0.15, 0.2) is 72.9 Å². The molecular weight excluding hydrogens is 781 g/mol. The van der Waals surface area contributed by atoms with Crippen LogP contribution in [-0.2, 0) is 28.6 Å². The van der Waals surface area contributed by atoms with Gasteiger partial charge in [0.25, 0.3) is 0 Å². The number of allylic oxidation sites excluding steroid dienone is 12. The van der Waals surface area contributed by atoms with Crippen LogP contribution >= 0.6 is 0 Å². The molecule has 0 saturated carbocycles.